The number of nitrogens with two attached hydrogens (primary N) is 2. The predicted molar refractivity (Wildman–Crippen MR) is 90.4 cm³/mol. The topological polar surface area (TPSA) is 69.9 Å². The fraction of sp³-hybridized carbons (Fsp3) is 0. The summed E-state index contributed by atoms with van der Waals surface area (Å²) in [5.41, 5.74) is 8.31. The van der Waals surface area contributed by atoms with Crippen LogP contribution in [0.15, 0.2) is 53.0 Å². The van der Waals surface area contributed by atoms with Gasteiger partial charge in [-0.25, -0.2) is 9.66 Å². The number of nitrogens with zero attached hydrogens (tertiary/aromatic N) is 2. The predicted octanol–water partition coefficient (Wildman–Crippen LogP) is 3.93. The molecule has 4 nitrogen and oxygen atoms in total. The number of rotatable bonds is 2. The Morgan fingerprint density at radius 1 is 1.10 bits per heavy atom. The van der Waals surface area contributed by atoms with Crippen LogP contribution >= 0.6 is 27.5 Å². The molecule has 0 atom stereocenters. The van der Waals surface area contributed by atoms with Gasteiger partial charge in [0.15, 0.2) is 11.6 Å². The quantitative estimate of drug-likeness (QED) is 0.678. The Morgan fingerprint density at radius 2 is 1.81 bits per heavy atom. The Hall–Kier alpha value is -1.98. The SMILES string of the molecule is Nc1c(-c2ccc(Br)cc2Cl)nc(-c2ccccc2)n1N. The first-order valence-electron chi connectivity index (χ1n) is 6.22. The molecule has 0 amide bonds. The largest absolute Gasteiger partial charge is 0.382 e. The Morgan fingerprint density at radius 3 is 2.48 bits per heavy atom. The first-order valence-corrected chi connectivity index (χ1v) is 7.39. The van der Waals surface area contributed by atoms with E-state index in [-0.39, 0.29) is 0 Å². The van der Waals surface area contributed by atoms with Gasteiger partial charge < -0.3 is 11.6 Å². The summed E-state index contributed by atoms with van der Waals surface area (Å²) in [7, 11) is 0. The van der Waals surface area contributed by atoms with Gasteiger partial charge in [0.2, 0.25) is 0 Å². The summed E-state index contributed by atoms with van der Waals surface area (Å²) in [6, 6.07) is 15.2. The van der Waals surface area contributed by atoms with Gasteiger partial charge in [0.1, 0.15) is 5.69 Å². The van der Waals surface area contributed by atoms with Crippen LogP contribution < -0.4 is 11.6 Å². The lowest BCUT2D eigenvalue weighted by Gasteiger charge is -2.03. The van der Waals surface area contributed by atoms with Gasteiger partial charge in [-0.3, -0.25) is 0 Å². The molecule has 1 aromatic heterocycles. The zero-order valence-corrected chi connectivity index (χ0v) is 13.3. The highest BCUT2D eigenvalue weighted by atomic mass is 79.9. The van der Waals surface area contributed by atoms with Crippen LogP contribution in [0.4, 0.5) is 5.82 Å². The maximum Gasteiger partial charge on any atom is 0.160 e. The molecule has 106 valence electrons. The number of halogens is 2. The van der Waals surface area contributed by atoms with E-state index in [1.165, 1.54) is 4.68 Å². The molecule has 0 unspecified atom stereocenters. The third-order valence-corrected chi connectivity index (χ3v) is 3.97. The monoisotopic (exact) mass is 362 g/mol. The van der Waals surface area contributed by atoms with Crippen LogP contribution in [-0.4, -0.2) is 9.66 Å². The molecule has 2 aromatic carbocycles. The second kappa shape index (κ2) is 5.42. The minimum Gasteiger partial charge on any atom is -0.382 e. The van der Waals surface area contributed by atoms with E-state index in [9.17, 15) is 0 Å². The molecular formula is C15H12BrClN4. The lowest BCUT2D eigenvalue weighted by Crippen LogP contribution is -2.13. The fourth-order valence-electron chi connectivity index (χ4n) is 2.12. The third kappa shape index (κ3) is 2.50. The molecule has 1 heterocycles. The summed E-state index contributed by atoms with van der Waals surface area (Å²) in [5.74, 6) is 7.00. The Bertz CT molecular complexity index is 799. The van der Waals surface area contributed by atoms with Crippen molar-refractivity contribution in [2.45, 2.75) is 0 Å². The number of imidazole rings is 1. The molecule has 6 heteroatoms. The van der Waals surface area contributed by atoms with Crippen LogP contribution in [0, 0.1) is 0 Å². The van der Waals surface area contributed by atoms with E-state index < -0.39 is 0 Å². The van der Waals surface area contributed by atoms with Crippen molar-refractivity contribution in [2.75, 3.05) is 11.6 Å². The smallest absolute Gasteiger partial charge is 0.160 e. The van der Waals surface area contributed by atoms with Gasteiger partial charge >= 0.3 is 0 Å². The fourth-order valence-corrected chi connectivity index (χ4v) is 2.88. The van der Waals surface area contributed by atoms with Gasteiger partial charge in [-0.15, -0.1) is 0 Å². The van der Waals surface area contributed by atoms with Crippen LogP contribution in [-0.2, 0) is 0 Å². The Balaban J connectivity index is 2.17. The summed E-state index contributed by atoms with van der Waals surface area (Å²) >= 11 is 9.65. The van der Waals surface area contributed by atoms with Gasteiger partial charge in [-0.05, 0) is 12.1 Å². The first-order chi connectivity index (χ1) is 10.1. The van der Waals surface area contributed by atoms with Gasteiger partial charge in [0, 0.05) is 15.6 Å². The van der Waals surface area contributed by atoms with Crippen molar-refractivity contribution in [3.8, 4) is 22.6 Å². The number of hydrogen-bond acceptors (Lipinski definition) is 3. The van der Waals surface area contributed by atoms with Crippen LogP contribution in [0.5, 0.6) is 0 Å². The average molecular weight is 364 g/mol. The van der Waals surface area contributed by atoms with Crippen molar-refractivity contribution in [3.63, 3.8) is 0 Å². The molecule has 3 aromatic rings. The molecular weight excluding hydrogens is 352 g/mol. The summed E-state index contributed by atoms with van der Waals surface area (Å²) in [5, 5.41) is 0.564. The Kier molecular flexibility index (Phi) is 3.61. The van der Waals surface area contributed by atoms with E-state index in [0.717, 1.165) is 15.6 Å². The first kappa shape index (κ1) is 14.0. The van der Waals surface area contributed by atoms with Gasteiger partial charge in [0.25, 0.3) is 0 Å². The van der Waals surface area contributed by atoms with Crippen molar-refractivity contribution in [3.05, 3.63) is 58.0 Å². The van der Waals surface area contributed by atoms with Crippen LogP contribution in [0.2, 0.25) is 5.02 Å². The summed E-state index contributed by atoms with van der Waals surface area (Å²) < 4.78 is 2.27. The van der Waals surface area contributed by atoms with Crippen molar-refractivity contribution >= 4 is 33.3 Å². The minimum absolute atomic E-state index is 0.373. The Labute approximate surface area is 135 Å². The summed E-state index contributed by atoms with van der Waals surface area (Å²) in [6.45, 7) is 0. The standard InChI is InChI=1S/C15H12BrClN4/c16-10-6-7-11(12(17)8-10)13-14(18)21(19)15(20-13)9-4-2-1-3-5-9/h1-8H,18-19H2. The van der Waals surface area contributed by atoms with Crippen LogP contribution in [0.25, 0.3) is 22.6 Å². The maximum absolute atomic E-state index is 6.27. The molecule has 0 bridgehead atoms. The highest BCUT2D eigenvalue weighted by Crippen LogP contribution is 2.35. The zero-order valence-electron chi connectivity index (χ0n) is 10.9. The molecule has 0 saturated heterocycles. The van der Waals surface area contributed by atoms with E-state index in [1.807, 2.05) is 42.5 Å². The normalized spacial score (nSPS) is 10.8. The van der Waals surface area contributed by atoms with E-state index in [4.69, 9.17) is 23.2 Å². The number of anilines is 1. The van der Waals surface area contributed by atoms with Crippen LogP contribution in [0.3, 0.4) is 0 Å². The molecule has 0 radical (unpaired) electrons. The number of nitrogen functional groups attached to an aromatic ring is 2. The molecule has 0 aliphatic rings. The lowest BCUT2D eigenvalue weighted by molar-refractivity contribution is 1.02. The average Bonchev–Trinajstić information content (AvgIpc) is 2.77. The van der Waals surface area contributed by atoms with Gasteiger partial charge in [-0.2, -0.15) is 0 Å². The number of aromatic nitrogens is 2. The summed E-state index contributed by atoms with van der Waals surface area (Å²) in [6.07, 6.45) is 0. The number of benzene rings is 2. The minimum atomic E-state index is 0.373. The third-order valence-electron chi connectivity index (χ3n) is 3.17. The maximum atomic E-state index is 6.27. The summed E-state index contributed by atoms with van der Waals surface area (Å²) in [4.78, 5) is 4.55. The zero-order chi connectivity index (χ0) is 15.0. The van der Waals surface area contributed by atoms with Crippen molar-refractivity contribution in [1.29, 1.82) is 0 Å². The molecule has 21 heavy (non-hydrogen) atoms. The van der Waals surface area contributed by atoms with Gasteiger partial charge in [0.05, 0.1) is 5.02 Å². The highest BCUT2D eigenvalue weighted by Gasteiger charge is 2.17. The lowest BCUT2D eigenvalue weighted by atomic mass is 10.1. The second-order valence-corrected chi connectivity index (χ2v) is 5.85. The van der Waals surface area contributed by atoms with Crippen molar-refractivity contribution < 1.29 is 0 Å². The molecule has 0 saturated carbocycles. The molecule has 3 rings (SSSR count). The van der Waals surface area contributed by atoms with Crippen molar-refractivity contribution in [1.82, 2.24) is 9.66 Å². The molecule has 4 N–H and O–H groups in total. The molecule has 0 spiro atoms. The second-order valence-electron chi connectivity index (χ2n) is 4.53. The van der Waals surface area contributed by atoms with Gasteiger partial charge in [-0.1, -0.05) is 63.9 Å². The van der Waals surface area contributed by atoms with E-state index >= 15 is 0 Å². The van der Waals surface area contributed by atoms with Crippen LogP contribution in [0.1, 0.15) is 0 Å². The molecule has 0 aliphatic carbocycles. The van der Waals surface area contributed by atoms with E-state index in [0.29, 0.717) is 22.4 Å². The van der Waals surface area contributed by atoms with E-state index in [1.54, 1.807) is 6.07 Å². The highest BCUT2D eigenvalue weighted by molar-refractivity contribution is 9.10. The van der Waals surface area contributed by atoms with Crippen molar-refractivity contribution in [2.24, 2.45) is 0 Å². The molecule has 0 fully saturated rings. The van der Waals surface area contributed by atoms with E-state index in [2.05, 4.69) is 20.9 Å². The number of hydrogen-bond donors (Lipinski definition) is 2. The molecule has 0 aliphatic heterocycles.